The monoisotopic (exact) mass is 465 g/mol. The number of rotatable bonds is 4. The van der Waals surface area contributed by atoms with Crippen LogP contribution in [-0.2, 0) is 4.79 Å². The van der Waals surface area contributed by atoms with Crippen LogP contribution in [0.5, 0.6) is 5.75 Å². The highest BCUT2D eigenvalue weighted by Gasteiger charge is 2.18. The smallest absolute Gasteiger partial charge is 0.262 e. The van der Waals surface area contributed by atoms with Gasteiger partial charge in [0.2, 0.25) is 4.80 Å². The highest BCUT2D eigenvalue weighted by molar-refractivity contribution is 7.07. The molecule has 0 saturated heterocycles. The molecule has 3 aromatic carbocycles. The second-order valence-electron chi connectivity index (χ2n) is 7.59. The van der Waals surface area contributed by atoms with Crippen molar-refractivity contribution in [2.45, 2.75) is 6.92 Å². The third-order valence-corrected chi connectivity index (χ3v) is 6.07. The fourth-order valence-corrected chi connectivity index (χ4v) is 4.37. The normalized spacial score (nSPS) is 13.6. The van der Waals surface area contributed by atoms with Gasteiger partial charge >= 0.3 is 0 Å². The lowest BCUT2D eigenvalue weighted by molar-refractivity contribution is -0.118. The van der Waals surface area contributed by atoms with Crippen molar-refractivity contribution in [1.29, 1.82) is 5.26 Å². The van der Waals surface area contributed by atoms with Gasteiger partial charge in [-0.05, 0) is 55.0 Å². The summed E-state index contributed by atoms with van der Waals surface area (Å²) < 4.78 is 7.30. The van der Waals surface area contributed by atoms with Crippen molar-refractivity contribution < 1.29 is 9.53 Å². The van der Waals surface area contributed by atoms with E-state index >= 15 is 0 Å². The number of carbonyl (C=O) groups is 1. The van der Waals surface area contributed by atoms with Crippen molar-refractivity contribution in [3.63, 3.8) is 0 Å². The van der Waals surface area contributed by atoms with E-state index in [1.54, 1.807) is 16.8 Å². The van der Waals surface area contributed by atoms with Gasteiger partial charge in [-0.3, -0.25) is 4.79 Å². The molecule has 0 saturated carbocycles. The molecule has 34 heavy (non-hydrogen) atoms. The van der Waals surface area contributed by atoms with E-state index in [1.807, 2.05) is 73.0 Å². The van der Waals surface area contributed by atoms with Crippen LogP contribution in [0.15, 0.2) is 88.3 Å². The van der Waals surface area contributed by atoms with Crippen molar-refractivity contribution in [3.8, 4) is 23.1 Å². The van der Waals surface area contributed by atoms with Gasteiger partial charge in [-0.1, -0.05) is 30.3 Å². The Balaban J connectivity index is 1.64. The summed E-state index contributed by atoms with van der Waals surface area (Å²) in [5.41, 5.74) is 5.41. The van der Waals surface area contributed by atoms with E-state index in [1.165, 1.54) is 11.3 Å². The number of nitriles is 1. The minimum atomic E-state index is -0.183. The highest BCUT2D eigenvalue weighted by Crippen LogP contribution is 2.33. The predicted octanol–water partition coefficient (Wildman–Crippen LogP) is 4.92. The van der Waals surface area contributed by atoms with Gasteiger partial charge in [-0.25, -0.2) is 9.67 Å². The number of hydrogen-bond acceptors (Lipinski definition) is 6. The van der Waals surface area contributed by atoms with E-state index in [9.17, 15) is 4.79 Å². The molecule has 1 aromatic heterocycles. The van der Waals surface area contributed by atoms with Gasteiger partial charge in [0.25, 0.3) is 5.91 Å². The van der Waals surface area contributed by atoms with Crippen molar-refractivity contribution in [2.24, 2.45) is 10.1 Å². The first-order chi connectivity index (χ1) is 16.6. The quantitative estimate of drug-likeness (QED) is 0.434. The molecule has 0 aliphatic carbocycles. The number of carbonyl (C=O) groups excluding carboxylic acids is 1. The van der Waals surface area contributed by atoms with Crippen LogP contribution in [0.4, 0.5) is 11.4 Å². The number of para-hydroxylation sites is 1. The summed E-state index contributed by atoms with van der Waals surface area (Å²) in [6.07, 6.45) is 0. The molecule has 1 N–H and O–H groups in total. The fourth-order valence-electron chi connectivity index (χ4n) is 3.52. The molecule has 1 aliphatic heterocycles. The largest absolute Gasteiger partial charge is 0.482 e. The molecule has 4 aromatic rings. The number of thiazole rings is 1. The number of hydrogen-bond donors (Lipinski definition) is 1. The van der Waals surface area contributed by atoms with E-state index < -0.39 is 0 Å². The number of amides is 1. The molecule has 7 nitrogen and oxygen atoms in total. The summed E-state index contributed by atoms with van der Waals surface area (Å²) >= 11 is 1.47. The highest BCUT2D eigenvalue weighted by atomic mass is 32.1. The Bertz CT molecular complexity index is 1510. The maximum Gasteiger partial charge on any atom is 0.262 e. The lowest BCUT2D eigenvalue weighted by atomic mass is 10.1. The van der Waals surface area contributed by atoms with Crippen molar-refractivity contribution >= 4 is 34.3 Å². The summed E-state index contributed by atoms with van der Waals surface area (Å²) in [6.45, 7) is 1.93. The van der Waals surface area contributed by atoms with E-state index in [2.05, 4.69) is 11.4 Å². The molecular weight excluding hydrogens is 446 g/mol. The molecule has 5 rings (SSSR count). The van der Waals surface area contributed by atoms with Crippen LogP contribution in [0.3, 0.4) is 0 Å². The van der Waals surface area contributed by atoms with Gasteiger partial charge in [-0.15, -0.1) is 11.3 Å². The maximum atomic E-state index is 11.8. The average Bonchev–Trinajstić information content (AvgIpc) is 3.26. The Morgan fingerprint density at radius 2 is 1.91 bits per heavy atom. The zero-order chi connectivity index (χ0) is 23.5. The Labute approximate surface area is 199 Å². The van der Waals surface area contributed by atoms with Gasteiger partial charge in [0.1, 0.15) is 5.75 Å². The summed E-state index contributed by atoms with van der Waals surface area (Å²) in [6, 6.07) is 24.8. The SMILES string of the molecule is CC(=Nn1c(-c2ccc3c(c2)NC(=O)CO3)csc1=Nc1ccccc1)c1ccc(C#N)cc1. The number of nitrogens with one attached hydrogen (secondary N) is 1. The van der Waals surface area contributed by atoms with Crippen molar-refractivity contribution in [3.05, 3.63) is 94.1 Å². The van der Waals surface area contributed by atoms with Gasteiger partial charge in [-0.2, -0.15) is 10.4 Å². The average molecular weight is 466 g/mol. The molecule has 0 spiro atoms. The Morgan fingerprint density at radius 1 is 1.12 bits per heavy atom. The Morgan fingerprint density at radius 3 is 2.68 bits per heavy atom. The number of fused-ring (bicyclic) bond motifs is 1. The number of ether oxygens (including phenoxy) is 1. The van der Waals surface area contributed by atoms with Crippen LogP contribution in [-0.4, -0.2) is 22.9 Å². The first-order valence-corrected chi connectivity index (χ1v) is 11.4. The molecule has 0 radical (unpaired) electrons. The van der Waals surface area contributed by atoms with Crippen LogP contribution in [0.2, 0.25) is 0 Å². The molecule has 1 aliphatic rings. The van der Waals surface area contributed by atoms with E-state index in [4.69, 9.17) is 20.1 Å². The lowest BCUT2D eigenvalue weighted by Crippen LogP contribution is -2.25. The summed E-state index contributed by atoms with van der Waals surface area (Å²) in [7, 11) is 0. The molecule has 1 amide bonds. The summed E-state index contributed by atoms with van der Waals surface area (Å²) in [5.74, 6) is 0.453. The van der Waals surface area contributed by atoms with Crippen LogP contribution in [0, 0.1) is 11.3 Å². The Hall–Kier alpha value is -4.48. The molecule has 0 fully saturated rings. The molecule has 8 heteroatoms. The maximum absolute atomic E-state index is 11.8. The van der Waals surface area contributed by atoms with E-state index in [-0.39, 0.29) is 12.5 Å². The number of nitrogens with zero attached hydrogens (tertiary/aromatic N) is 4. The van der Waals surface area contributed by atoms with Gasteiger partial charge < -0.3 is 10.1 Å². The zero-order valence-corrected chi connectivity index (χ0v) is 19.0. The number of anilines is 1. The molecule has 166 valence electrons. The number of benzene rings is 3. The molecule has 0 unspecified atom stereocenters. The third-order valence-electron chi connectivity index (χ3n) is 5.26. The number of aromatic nitrogens is 1. The second-order valence-corrected chi connectivity index (χ2v) is 8.42. The molecule has 0 atom stereocenters. The second kappa shape index (κ2) is 9.17. The summed E-state index contributed by atoms with van der Waals surface area (Å²) in [5, 5.41) is 18.8. The fraction of sp³-hybridized carbons (Fsp3) is 0.0769. The predicted molar refractivity (Wildman–Crippen MR) is 132 cm³/mol. The van der Waals surface area contributed by atoms with Gasteiger partial charge in [0.15, 0.2) is 6.61 Å². The Kier molecular flexibility index (Phi) is 5.77. The van der Waals surface area contributed by atoms with Gasteiger partial charge in [0, 0.05) is 10.9 Å². The standard InChI is InChI=1S/C26H19N5O2S/c1-17(19-9-7-18(14-27)8-10-19)30-31-23(16-34-26(31)28-21-5-3-2-4-6-21)20-11-12-24-22(13-20)29-25(32)15-33-24/h2-13,16H,15H2,1H3,(H,29,32). The third kappa shape index (κ3) is 4.37. The topological polar surface area (TPSA) is 91.8 Å². The van der Waals surface area contributed by atoms with Crippen LogP contribution in [0.1, 0.15) is 18.1 Å². The zero-order valence-electron chi connectivity index (χ0n) is 18.2. The summed E-state index contributed by atoms with van der Waals surface area (Å²) in [4.78, 5) is 17.3. The lowest BCUT2D eigenvalue weighted by Gasteiger charge is -2.18. The molecule has 0 bridgehead atoms. The first kappa shape index (κ1) is 21.4. The van der Waals surface area contributed by atoms with E-state index in [0.29, 0.717) is 21.8 Å². The van der Waals surface area contributed by atoms with Crippen LogP contribution >= 0.6 is 11.3 Å². The van der Waals surface area contributed by atoms with Crippen molar-refractivity contribution in [1.82, 2.24) is 4.68 Å². The van der Waals surface area contributed by atoms with E-state index in [0.717, 1.165) is 28.2 Å². The van der Waals surface area contributed by atoms with Crippen molar-refractivity contribution in [2.75, 3.05) is 11.9 Å². The van der Waals surface area contributed by atoms with Crippen LogP contribution in [0.25, 0.3) is 11.3 Å². The minimum Gasteiger partial charge on any atom is -0.482 e. The van der Waals surface area contributed by atoms with Crippen LogP contribution < -0.4 is 14.9 Å². The minimum absolute atomic E-state index is 0.0129. The van der Waals surface area contributed by atoms with Gasteiger partial charge in [0.05, 0.1) is 34.4 Å². The molecule has 2 heterocycles. The first-order valence-electron chi connectivity index (χ1n) is 10.5. The molecular formula is C26H19N5O2S.